The molecular weight excluding hydrogens is 270 g/mol. The second-order valence-corrected chi connectivity index (χ2v) is 4.38. The number of esters is 1. The van der Waals surface area contributed by atoms with Gasteiger partial charge < -0.3 is 9.47 Å². The summed E-state index contributed by atoms with van der Waals surface area (Å²) in [6.45, 7) is 4.14. The molecule has 0 heterocycles. The average molecular weight is 291 g/mol. The molecule has 0 aliphatic carbocycles. The maximum atomic E-state index is 11.7. The highest BCUT2D eigenvalue weighted by atomic mass is 16.6. The van der Waals surface area contributed by atoms with E-state index in [2.05, 4.69) is 5.32 Å². The third kappa shape index (κ3) is 6.61. The Hall–Kier alpha value is -2.30. The highest BCUT2D eigenvalue weighted by molar-refractivity contribution is 5.92. The average Bonchev–Trinajstić information content (AvgIpc) is 2.51. The van der Waals surface area contributed by atoms with Gasteiger partial charge in [0.2, 0.25) is 0 Å². The van der Waals surface area contributed by atoms with Gasteiger partial charge in [-0.05, 0) is 18.9 Å². The molecular formula is C16H21NO4. The molecule has 0 fully saturated rings. The second-order valence-electron chi connectivity index (χ2n) is 4.38. The first-order chi connectivity index (χ1) is 10.2. The fourth-order valence-corrected chi connectivity index (χ4v) is 1.50. The lowest BCUT2D eigenvalue weighted by Crippen LogP contribution is -2.29. The van der Waals surface area contributed by atoms with Gasteiger partial charge in [-0.15, -0.1) is 0 Å². The van der Waals surface area contributed by atoms with Crippen molar-refractivity contribution < 1.29 is 19.1 Å². The number of nitrogens with one attached hydrogen (secondary N) is 1. The minimum atomic E-state index is -0.681. The zero-order chi connectivity index (χ0) is 15.5. The van der Waals surface area contributed by atoms with Gasteiger partial charge in [-0.3, -0.25) is 5.32 Å². The van der Waals surface area contributed by atoms with E-state index in [0.717, 1.165) is 18.4 Å². The van der Waals surface area contributed by atoms with Crippen LogP contribution in [0.5, 0.6) is 0 Å². The maximum Gasteiger partial charge on any atom is 0.412 e. The number of ether oxygens (including phenoxy) is 2. The molecule has 0 saturated heterocycles. The van der Waals surface area contributed by atoms with Crippen LogP contribution >= 0.6 is 0 Å². The molecule has 1 rings (SSSR count). The van der Waals surface area contributed by atoms with Gasteiger partial charge in [0.1, 0.15) is 12.3 Å². The van der Waals surface area contributed by atoms with Crippen LogP contribution in [-0.2, 0) is 20.9 Å². The third-order valence-corrected chi connectivity index (χ3v) is 2.69. The number of hydrogen-bond donors (Lipinski definition) is 1. The Morgan fingerprint density at radius 1 is 1.19 bits per heavy atom. The van der Waals surface area contributed by atoms with Crippen LogP contribution in [0.25, 0.3) is 0 Å². The van der Waals surface area contributed by atoms with E-state index in [0.29, 0.717) is 6.61 Å². The Balaban J connectivity index is 2.39. The van der Waals surface area contributed by atoms with Gasteiger partial charge >= 0.3 is 12.1 Å². The molecule has 21 heavy (non-hydrogen) atoms. The monoisotopic (exact) mass is 291 g/mol. The van der Waals surface area contributed by atoms with Gasteiger partial charge in [-0.25, -0.2) is 9.59 Å². The largest absolute Gasteiger partial charge is 0.461 e. The molecule has 0 saturated carbocycles. The van der Waals surface area contributed by atoms with Crippen LogP contribution in [0.15, 0.2) is 42.1 Å². The van der Waals surface area contributed by atoms with E-state index in [4.69, 9.17) is 9.47 Å². The van der Waals surface area contributed by atoms with Crippen molar-refractivity contribution in [3.05, 3.63) is 47.7 Å². The molecule has 1 amide bonds. The molecule has 0 aromatic heterocycles. The minimum Gasteiger partial charge on any atom is -0.461 e. The Bertz CT molecular complexity index is 482. The van der Waals surface area contributed by atoms with Crippen LogP contribution in [0, 0.1) is 0 Å². The van der Waals surface area contributed by atoms with Gasteiger partial charge in [-0.1, -0.05) is 49.8 Å². The van der Waals surface area contributed by atoms with E-state index in [9.17, 15) is 9.59 Å². The molecule has 5 heteroatoms. The molecule has 0 unspecified atom stereocenters. The predicted octanol–water partition coefficient (Wildman–Crippen LogP) is 3.16. The Labute approximate surface area is 124 Å². The van der Waals surface area contributed by atoms with Crippen LogP contribution in [0.4, 0.5) is 4.79 Å². The molecule has 0 aliphatic heterocycles. The van der Waals surface area contributed by atoms with Crippen molar-refractivity contribution in [3.8, 4) is 0 Å². The number of carbonyl (C=O) groups is 2. The summed E-state index contributed by atoms with van der Waals surface area (Å²) in [5, 5.41) is 2.39. The van der Waals surface area contributed by atoms with Gasteiger partial charge in [0.25, 0.3) is 0 Å². The van der Waals surface area contributed by atoms with Crippen molar-refractivity contribution in [2.45, 2.75) is 33.3 Å². The van der Waals surface area contributed by atoms with E-state index < -0.39 is 12.1 Å². The second kappa shape index (κ2) is 9.58. The lowest BCUT2D eigenvalue weighted by molar-refractivity contribution is -0.139. The molecule has 0 radical (unpaired) electrons. The molecule has 1 aromatic rings. The van der Waals surface area contributed by atoms with Gasteiger partial charge in [0.05, 0.1) is 6.61 Å². The lowest BCUT2D eigenvalue weighted by atomic mass is 10.2. The molecule has 0 aliphatic rings. The van der Waals surface area contributed by atoms with Crippen LogP contribution in [-0.4, -0.2) is 18.7 Å². The minimum absolute atomic E-state index is 0.0872. The van der Waals surface area contributed by atoms with Gasteiger partial charge in [0, 0.05) is 0 Å². The number of amides is 1. The summed E-state index contributed by atoms with van der Waals surface area (Å²) in [4.78, 5) is 23.3. The van der Waals surface area contributed by atoms with Crippen molar-refractivity contribution in [2.75, 3.05) is 6.61 Å². The number of allylic oxidation sites excluding steroid dienone is 1. The SMILES string of the molecule is C/C=C(\NC(=O)OCc1ccccc1)C(=O)OCCCC. The number of carbonyl (C=O) groups excluding carboxylic acids is 2. The summed E-state index contributed by atoms with van der Waals surface area (Å²) in [7, 11) is 0. The Morgan fingerprint density at radius 3 is 2.52 bits per heavy atom. The molecule has 0 spiro atoms. The van der Waals surface area contributed by atoms with Crippen LogP contribution in [0.2, 0.25) is 0 Å². The third-order valence-electron chi connectivity index (χ3n) is 2.69. The fraction of sp³-hybridized carbons (Fsp3) is 0.375. The molecule has 1 N–H and O–H groups in total. The summed E-state index contributed by atoms with van der Waals surface area (Å²) in [6, 6.07) is 9.30. The van der Waals surface area contributed by atoms with Gasteiger partial charge in [0.15, 0.2) is 0 Å². The first kappa shape index (κ1) is 16.8. The van der Waals surface area contributed by atoms with Crippen molar-refractivity contribution in [1.82, 2.24) is 5.32 Å². The van der Waals surface area contributed by atoms with Crippen molar-refractivity contribution in [3.63, 3.8) is 0 Å². The van der Waals surface area contributed by atoms with E-state index in [1.54, 1.807) is 6.92 Å². The summed E-state index contributed by atoms with van der Waals surface area (Å²) >= 11 is 0. The van der Waals surface area contributed by atoms with Crippen LogP contribution in [0.1, 0.15) is 32.3 Å². The summed E-state index contributed by atoms with van der Waals surface area (Å²) in [6.07, 6.45) is 2.53. The summed E-state index contributed by atoms with van der Waals surface area (Å²) < 4.78 is 10.1. The quantitative estimate of drug-likeness (QED) is 0.476. The fourth-order valence-electron chi connectivity index (χ4n) is 1.50. The first-order valence-corrected chi connectivity index (χ1v) is 6.98. The van der Waals surface area contributed by atoms with Crippen molar-refractivity contribution in [1.29, 1.82) is 0 Å². The Morgan fingerprint density at radius 2 is 1.90 bits per heavy atom. The maximum absolute atomic E-state index is 11.7. The highest BCUT2D eigenvalue weighted by Crippen LogP contribution is 2.02. The molecule has 0 atom stereocenters. The molecule has 114 valence electrons. The predicted molar refractivity (Wildman–Crippen MR) is 79.4 cm³/mol. The zero-order valence-electron chi connectivity index (χ0n) is 12.4. The van der Waals surface area contributed by atoms with E-state index >= 15 is 0 Å². The van der Waals surface area contributed by atoms with Crippen molar-refractivity contribution in [2.24, 2.45) is 0 Å². The van der Waals surface area contributed by atoms with E-state index in [1.165, 1.54) is 6.08 Å². The molecule has 1 aromatic carbocycles. The lowest BCUT2D eigenvalue weighted by Gasteiger charge is -2.10. The topological polar surface area (TPSA) is 64.6 Å². The van der Waals surface area contributed by atoms with Crippen molar-refractivity contribution >= 4 is 12.1 Å². The molecule has 0 bridgehead atoms. The van der Waals surface area contributed by atoms with E-state index in [1.807, 2.05) is 37.3 Å². The zero-order valence-corrected chi connectivity index (χ0v) is 12.4. The normalized spacial score (nSPS) is 10.9. The Kier molecular flexibility index (Phi) is 7.64. The highest BCUT2D eigenvalue weighted by Gasteiger charge is 2.14. The summed E-state index contributed by atoms with van der Waals surface area (Å²) in [5.74, 6) is -0.553. The van der Waals surface area contributed by atoms with E-state index in [-0.39, 0.29) is 12.3 Å². The standard InChI is InChI=1S/C16H21NO4/c1-3-5-11-20-15(18)14(4-2)17-16(19)21-12-13-9-7-6-8-10-13/h4,6-10H,3,5,11-12H2,1-2H3,(H,17,19)/b14-4-. The number of benzene rings is 1. The van der Waals surface area contributed by atoms with Crippen LogP contribution < -0.4 is 5.32 Å². The summed E-state index contributed by atoms with van der Waals surface area (Å²) in [5.41, 5.74) is 0.962. The van der Waals surface area contributed by atoms with Gasteiger partial charge in [-0.2, -0.15) is 0 Å². The number of unbranched alkanes of at least 4 members (excludes halogenated alkanes) is 1. The number of rotatable bonds is 7. The van der Waals surface area contributed by atoms with Crippen LogP contribution in [0.3, 0.4) is 0 Å². The smallest absolute Gasteiger partial charge is 0.412 e. The first-order valence-electron chi connectivity index (χ1n) is 6.98. The molecule has 5 nitrogen and oxygen atoms in total. The number of alkyl carbamates (subject to hydrolysis) is 1. The number of hydrogen-bond acceptors (Lipinski definition) is 4.